The van der Waals surface area contributed by atoms with Crippen molar-refractivity contribution in [1.29, 1.82) is 0 Å². The average molecular weight is 222 g/mol. The summed E-state index contributed by atoms with van der Waals surface area (Å²) in [5.41, 5.74) is 0. The second-order valence-electron chi connectivity index (χ2n) is 4.87. The Morgan fingerprint density at radius 2 is 2.38 bits per heavy atom. The monoisotopic (exact) mass is 222 g/mol. The van der Waals surface area contributed by atoms with E-state index < -0.39 is 0 Å². The SMILES string of the molecule is Cc1nnc(CN2C[C@@H]3CCCN[C@@H]3C2)o1. The molecule has 2 aliphatic heterocycles. The highest BCUT2D eigenvalue weighted by Gasteiger charge is 2.34. The molecule has 2 aliphatic rings. The van der Waals surface area contributed by atoms with E-state index in [-0.39, 0.29) is 0 Å². The van der Waals surface area contributed by atoms with Crippen molar-refractivity contribution in [3.05, 3.63) is 11.8 Å². The van der Waals surface area contributed by atoms with Crippen LogP contribution in [-0.2, 0) is 6.54 Å². The minimum absolute atomic E-state index is 0.657. The highest BCUT2D eigenvalue weighted by Crippen LogP contribution is 2.25. The summed E-state index contributed by atoms with van der Waals surface area (Å²) >= 11 is 0. The largest absolute Gasteiger partial charge is 0.424 e. The van der Waals surface area contributed by atoms with E-state index in [9.17, 15) is 0 Å². The van der Waals surface area contributed by atoms with Gasteiger partial charge in [-0.2, -0.15) is 0 Å². The standard InChI is InChI=1S/C11H18N4O/c1-8-13-14-11(16-8)7-15-5-9-3-2-4-12-10(9)6-15/h9-10,12H,2-7H2,1H3/t9-,10+/m0/s1. The van der Waals surface area contributed by atoms with Crippen LogP contribution in [0.4, 0.5) is 0 Å². The first-order chi connectivity index (χ1) is 7.81. The molecular formula is C11H18N4O. The molecule has 0 saturated carbocycles. The maximum atomic E-state index is 5.41. The lowest BCUT2D eigenvalue weighted by atomic mass is 9.94. The van der Waals surface area contributed by atoms with Gasteiger partial charge in [0.1, 0.15) is 0 Å². The second-order valence-corrected chi connectivity index (χ2v) is 4.87. The van der Waals surface area contributed by atoms with Gasteiger partial charge in [-0.1, -0.05) is 0 Å². The van der Waals surface area contributed by atoms with Crippen molar-refractivity contribution in [2.75, 3.05) is 19.6 Å². The highest BCUT2D eigenvalue weighted by molar-refractivity contribution is 4.93. The molecule has 88 valence electrons. The molecule has 16 heavy (non-hydrogen) atoms. The summed E-state index contributed by atoms with van der Waals surface area (Å²) in [6, 6.07) is 0.678. The quantitative estimate of drug-likeness (QED) is 0.792. The van der Waals surface area contributed by atoms with Crippen LogP contribution in [0.25, 0.3) is 0 Å². The number of hydrogen-bond donors (Lipinski definition) is 1. The summed E-state index contributed by atoms with van der Waals surface area (Å²) in [5.74, 6) is 2.22. The summed E-state index contributed by atoms with van der Waals surface area (Å²) < 4.78 is 5.41. The van der Waals surface area contributed by atoms with Crippen molar-refractivity contribution < 1.29 is 4.42 Å². The maximum absolute atomic E-state index is 5.41. The Labute approximate surface area is 95.2 Å². The van der Waals surface area contributed by atoms with Gasteiger partial charge in [-0.25, -0.2) is 0 Å². The first-order valence-electron chi connectivity index (χ1n) is 6.06. The molecule has 3 heterocycles. The topological polar surface area (TPSA) is 54.2 Å². The van der Waals surface area contributed by atoms with Crippen LogP contribution in [0, 0.1) is 12.8 Å². The van der Waals surface area contributed by atoms with E-state index in [0.29, 0.717) is 11.9 Å². The van der Waals surface area contributed by atoms with Crippen molar-refractivity contribution in [2.45, 2.75) is 32.4 Å². The molecule has 2 atom stereocenters. The van der Waals surface area contributed by atoms with Crippen molar-refractivity contribution in [3.63, 3.8) is 0 Å². The van der Waals surface area contributed by atoms with Crippen LogP contribution in [-0.4, -0.2) is 40.8 Å². The van der Waals surface area contributed by atoms with Gasteiger partial charge in [-0.15, -0.1) is 10.2 Å². The lowest BCUT2D eigenvalue weighted by molar-refractivity contribution is 0.276. The van der Waals surface area contributed by atoms with Crippen molar-refractivity contribution in [2.24, 2.45) is 5.92 Å². The summed E-state index contributed by atoms with van der Waals surface area (Å²) in [6.07, 6.45) is 2.67. The molecular weight excluding hydrogens is 204 g/mol. The van der Waals surface area contributed by atoms with E-state index in [2.05, 4.69) is 20.4 Å². The molecule has 0 radical (unpaired) electrons. The molecule has 0 aliphatic carbocycles. The molecule has 5 heteroatoms. The van der Waals surface area contributed by atoms with Gasteiger partial charge in [0, 0.05) is 26.1 Å². The van der Waals surface area contributed by atoms with E-state index in [4.69, 9.17) is 4.42 Å². The van der Waals surface area contributed by atoms with Crippen molar-refractivity contribution in [1.82, 2.24) is 20.4 Å². The zero-order valence-electron chi connectivity index (χ0n) is 9.65. The van der Waals surface area contributed by atoms with E-state index in [1.807, 2.05) is 6.92 Å². The maximum Gasteiger partial charge on any atom is 0.230 e. The Morgan fingerprint density at radius 1 is 1.44 bits per heavy atom. The molecule has 0 aromatic carbocycles. The van der Waals surface area contributed by atoms with Crippen LogP contribution in [0.15, 0.2) is 4.42 Å². The summed E-state index contributed by atoms with van der Waals surface area (Å²) in [6.45, 7) is 6.09. The molecule has 2 fully saturated rings. The van der Waals surface area contributed by atoms with Crippen molar-refractivity contribution in [3.8, 4) is 0 Å². The molecule has 3 rings (SSSR count). The average Bonchev–Trinajstić information content (AvgIpc) is 2.84. The zero-order valence-corrected chi connectivity index (χ0v) is 9.65. The fourth-order valence-corrected chi connectivity index (χ4v) is 2.86. The van der Waals surface area contributed by atoms with Gasteiger partial charge in [0.25, 0.3) is 0 Å². The number of rotatable bonds is 2. The molecule has 0 bridgehead atoms. The number of nitrogens with one attached hydrogen (secondary N) is 1. The van der Waals surface area contributed by atoms with E-state index in [1.165, 1.54) is 25.9 Å². The second kappa shape index (κ2) is 4.14. The molecule has 5 nitrogen and oxygen atoms in total. The highest BCUT2D eigenvalue weighted by atomic mass is 16.4. The predicted molar refractivity (Wildman–Crippen MR) is 58.8 cm³/mol. The molecule has 1 N–H and O–H groups in total. The fourth-order valence-electron chi connectivity index (χ4n) is 2.86. The van der Waals surface area contributed by atoms with Crippen molar-refractivity contribution >= 4 is 0 Å². The Morgan fingerprint density at radius 3 is 3.12 bits per heavy atom. The van der Waals surface area contributed by atoms with Crippen LogP contribution in [0.5, 0.6) is 0 Å². The van der Waals surface area contributed by atoms with Crippen LogP contribution < -0.4 is 5.32 Å². The van der Waals surface area contributed by atoms with Gasteiger partial charge >= 0.3 is 0 Å². The van der Waals surface area contributed by atoms with Crippen LogP contribution in [0.2, 0.25) is 0 Å². The predicted octanol–water partition coefficient (Wildman–Crippen LogP) is 0.562. The van der Waals surface area contributed by atoms with Crippen LogP contribution in [0.1, 0.15) is 24.6 Å². The van der Waals surface area contributed by atoms with Gasteiger partial charge in [0.15, 0.2) is 0 Å². The molecule has 1 aromatic rings. The Bertz CT molecular complexity index is 351. The Hall–Kier alpha value is -0.940. The smallest absolute Gasteiger partial charge is 0.230 e. The zero-order chi connectivity index (χ0) is 11.0. The summed E-state index contributed by atoms with van der Waals surface area (Å²) in [4.78, 5) is 2.42. The number of likely N-dealkylation sites (tertiary alicyclic amines) is 1. The molecule has 0 spiro atoms. The lowest BCUT2D eigenvalue weighted by Gasteiger charge is -2.24. The van der Waals surface area contributed by atoms with Crippen LogP contribution >= 0.6 is 0 Å². The van der Waals surface area contributed by atoms with Gasteiger partial charge < -0.3 is 9.73 Å². The van der Waals surface area contributed by atoms with E-state index in [1.54, 1.807) is 0 Å². The molecule has 2 saturated heterocycles. The minimum atomic E-state index is 0.657. The third kappa shape index (κ3) is 1.97. The lowest BCUT2D eigenvalue weighted by Crippen LogP contribution is -2.40. The normalized spacial score (nSPS) is 30.6. The fraction of sp³-hybridized carbons (Fsp3) is 0.818. The Kier molecular flexibility index (Phi) is 2.65. The number of aryl methyl sites for hydroxylation is 1. The van der Waals surface area contributed by atoms with Crippen LogP contribution in [0.3, 0.4) is 0 Å². The number of piperidine rings is 1. The molecule has 0 amide bonds. The number of nitrogens with zero attached hydrogens (tertiary/aromatic N) is 3. The first-order valence-corrected chi connectivity index (χ1v) is 6.06. The summed E-state index contributed by atoms with van der Waals surface area (Å²) in [7, 11) is 0. The van der Waals surface area contributed by atoms with E-state index >= 15 is 0 Å². The molecule has 0 unspecified atom stereocenters. The number of fused-ring (bicyclic) bond motifs is 1. The third-order valence-electron chi connectivity index (χ3n) is 3.60. The van der Waals surface area contributed by atoms with Gasteiger partial charge in [-0.05, 0) is 25.3 Å². The van der Waals surface area contributed by atoms with Gasteiger partial charge in [0.05, 0.1) is 6.54 Å². The minimum Gasteiger partial charge on any atom is -0.424 e. The summed E-state index contributed by atoms with van der Waals surface area (Å²) in [5, 5.41) is 11.5. The third-order valence-corrected chi connectivity index (χ3v) is 3.60. The van der Waals surface area contributed by atoms with Gasteiger partial charge in [0.2, 0.25) is 11.8 Å². The van der Waals surface area contributed by atoms with E-state index in [0.717, 1.165) is 24.9 Å². The Balaban J connectivity index is 1.61. The number of hydrogen-bond acceptors (Lipinski definition) is 5. The number of aromatic nitrogens is 2. The molecule has 1 aromatic heterocycles. The first kappa shape index (κ1) is 10.2. The van der Waals surface area contributed by atoms with Gasteiger partial charge in [-0.3, -0.25) is 4.90 Å².